The Morgan fingerprint density at radius 1 is 0.808 bits per heavy atom. The molecule has 0 aliphatic carbocycles. The monoisotopic (exact) mass is 367 g/mol. The lowest BCUT2D eigenvalue weighted by atomic mass is 10.1. The van der Waals surface area contributed by atoms with Crippen molar-refractivity contribution < 1.29 is 14.1 Å². The zero-order valence-corrected chi connectivity index (χ0v) is 18.1. The van der Waals surface area contributed by atoms with E-state index in [-0.39, 0.29) is 11.8 Å². The van der Waals surface area contributed by atoms with Crippen LogP contribution in [0.15, 0.2) is 12.2 Å². The van der Waals surface area contributed by atoms with E-state index >= 15 is 0 Å². The molecule has 0 aliphatic rings. The number of unbranched alkanes of at least 4 members (excludes halogenated alkanes) is 9. The van der Waals surface area contributed by atoms with E-state index in [2.05, 4.69) is 27.6 Å². The number of carbonyl (C=O) groups excluding carboxylic acids is 2. The Kier molecular flexibility index (Phi) is 13.3. The van der Waals surface area contributed by atoms with Gasteiger partial charge < -0.3 is 4.48 Å². The molecule has 0 spiro atoms. The van der Waals surface area contributed by atoms with E-state index in [1.165, 1.54) is 76.0 Å². The first-order chi connectivity index (χ1) is 12.2. The molecule has 0 heterocycles. The van der Waals surface area contributed by atoms with E-state index < -0.39 is 0 Å². The maximum absolute atomic E-state index is 12.0. The van der Waals surface area contributed by atoms with Gasteiger partial charge in [-0.2, -0.15) is 0 Å². The third kappa shape index (κ3) is 12.2. The Morgan fingerprint density at radius 2 is 1.27 bits per heavy atom. The number of amides is 2. The lowest BCUT2D eigenvalue weighted by molar-refractivity contribution is -0.889. The molecule has 0 aromatic rings. The normalized spacial score (nSPS) is 11.4. The molecule has 152 valence electrons. The van der Waals surface area contributed by atoms with E-state index in [0.29, 0.717) is 12.1 Å². The second-order valence-electron chi connectivity index (χ2n) is 8.32. The fraction of sp³-hybridized carbons (Fsp3) is 0.818. The van der Waals surface area contributed by atoms with Crippen LogP contribution < -0.4 is 0 Å². The summed E-state index contributed by atoms with van der Waals surface area (Å²) in [6.45, 7) is 11.4. The van der Waals surface area contributed by atoms with Crippen LogP contribution in [0.1, 0.15) is 85.0 Å². The van der Waals surface area contributed by atoms with Crippen LogP contribution in [0.4, 0.5) is 0 Å². The topological polar surface area (TPSA) is 37.4 Å². The van der Waals surface area contributed by atoms with Crippen molar-refractivity contribution in [1.29, 1.82) is 0 Å². The van der Waals surface area contributed by atoms with Gasteiger partial charge in [0.1, 0.15) is 0 Å². The molecule has 4 nitrogen and oxygen atoms in total. The van der Waals surface area contributed by atoms with Crippen LogP contribution in [0.5, 0.6) is 0 Å². The predicted molar refractivity (Wildman–Crippen MR) is 111 cm³/mol. The summed E-state index contributed by atoms with van der Waals surface area (Å²) in [6.07, 6.45) is 13.4. The van der Waals surface area contributed by atoms with Crippen molar-refractivity contribution in [2.24, 2.45) is 0 Å². The van der Waals surface area contributed by atoms with E-state index in [0.717, 1.165) is 17.6 Å². The van der Waals surface area contributed by atoms with E-state index in [4.69, 9.17) is 0 Å². The van der Waals surface area contributed by atoms with Gasteiger partial charge in [-0.25, -0.2) is 0 Å². The van der Waals surface area contributed by atoms with Crippen LogP contribution >= 0.6 is 0 Å². The van der Waals surface area contributed by atoms with Gasteiger partial charge >= 0.3 is 0 Å². The molecule has 26 heavy (non-hydrogen) atoms. The molecule has 0 aliphatic heterocycles. The predicted octanol–water partition coefficient (Wildman–Crippen LogP) is 4.93. The molecular weight excluding hydrogens is 324 g/mol. The molecule has 0 unspecified atom stereocenters. The molecule has 0 radical (unpaired) electrons. The van der Waals surface area contributed by atoms with Gasteiger partial charge in [-0.05, 0) is 19.8 Å². The summed E-state index contributed by atoms with van der Waals surface area (Å²) in [6, 6.07) is 0. The molecule has 4 heteroatoms. The number of nitrogens with zero attached hydrogens (tertiary/aromatic N) is 2. The van der Waals surface area contributed by atoms with Crippen molar-refractivity contribution >= 4 is 11.8 Å². The Balaban J connectivity index is 3.91. The second-order valence-corrected chi connectivity index (χ2v) is 8.32. The molecule has 0 atom stereocenters. The van der Waals surface area contributed by atoms with Gasteiger partial charge in [-0.1, -0.05) is 64.9 Å². The Morgan fingerprint density at radius 3 is 1.69 bits per heavy atom. The SMILES string of the molecule is C=C(C)C(=O)N(CC[N+](C)(C)CCCCCCCCCCCC)C(C)=O. The van der Waals surface area contributed by atoms with Crippen molar-refractivity contribution in [1.82, 2.24) is 4.90 Å². The number of likely N-dealkylation sites (N-methyl/N-ethyl adjacent to an activating group) is 1. The van der Waals surface area contributed by atoms with Crippen LogP contribution in [-0.4, -0.2) is 54.9 Å². The number of carbonyl (C=O) groups is 2. The van der Waals surface area contributed by atoms with Gasteiger partial charge in [0.05, 0.1) is 33.7 Å². The van der Waals surface area contributed by atoms with Crippen molar-refractivity contribution in [2.75, 3.05) is 33.7 Å². The maximum atomic E-state index is 12.0. The Labute approximate surface area is 162 Å². The summed E-state index contributed by atoms with van der Waals surface area (Å²) in [5.41, 5.74) is 0.417. The first-order valence-corrected chi connectivity index (χ1v) is 10.5. The van der Waals surface area contributed by atoms with Gasteiger partial charge in [0, 0.05) is 12.5 Å². The molecular formula is C22H43N2O2+. The third-order valence-electron chi connectivity index (χ3n) is 5.04. The number of quaternary nitrogens is 1. The van der Waals surface area contributed by atoms with Crippen LogP contribution in [-0.2, 0) is 9.59 Å². The molecule has 0 saturated heterocycles. The highest BCUT2D eigenvalue weighted by Crippen LogP contribution is 2.12. The van der Waals surface area contributed by atoms with Crippen molar-refractivity contribution in [3.8, 4) is 0 Å². The quantitative estimate of drug-likeness (QED) is 0.234. The molecule has 0 fully saturated rings. The molecule has 0 aromatic heterocycles. The zero-order valence-electron chi connectivity index (χ0n) is 18.1. The molecule has 0 rings (SSSR count). The maximum Gasteiger partial charge on any atom is 0.255 e. The fourth-order valence-corrected chi connectivity index (χ4v) is 3.14. The Bertz CT molecular complexity index is 430. The number of hydrogen-bond acceptors (Lipinski definition) is 2. The lowest BCUT2D eigenvalue weighted by Gasteiger charge is -2.32. The summed E-state index contributed by atoms with van der Waals surface area (Å²) in [7, 11) is 4.36. The summed E-state index contributed by atoms with van der Waals surface area (Å²) in [5, 5.41) is 0. The Hall–Kier alpha value is -1.16. The van der Waals surface area contributed by atoms with Crippen LogP contribution in [0.3, 0.4) is 0 Å². The van der Waals surface area contributed by atoms with E-state index in [1.54, 1.807) is 6.92 Å². The van der Waals surface area contributed by atoms with Gasteiger partial charge in [0.15, 0.2) is 0 Å². The fourth-order valence-electron chi connectivity index (χ4n) is 3.14. The number of hydrogen-bond donors (Lipinski definition) is 0. The van der Waals surface area contributed by atoms with Gasteiger partial charge in [-0.3, -0.25) is 14.5 Å². The summed E-state index contributed by atoms with van der Waals surface area (Å²) in [5.74, 6) is -0.451. The first kappa shape index (κ1) is 24.8. The van der Waals surface area contributed by atoms with Crippen LogP contribution in [0, 0.1) is 0 Å². The second kappa shape index (κ2) is 14.0. The first-order valence-electron chi connectivity index (χ1n) is 10.5. The number of rotatable bonds is 15. The highest BCUT2D eigenvalue weighted by atomic mass is 16.2. The van der Waals surface area contributed by atoms with E-state index in [9.17, 15) is 9.59 Å². The zero-order chi connectivity index (χ0) is 20.0. The molecule has 0 aromatic carbocycles. The summed E-state index contributed by atoms with van der Waals surface area (Å²) >= 11 is 0. The minimum Gasteiger partial charge on any atom is -0.327 e. The molecule has 2 amide bonds. The van der Waals surface area contributed by atoms with Crippen molar-refractivity contribution in [3.05, 3.63) is 12.2 Å². The average molecular weight is 368 g/mol. The highest BCUT2D eigenvalue weighted by Gasteiger charge is 2.23. The third-order valence-corrected chi connectivity index (χ3v) is 5.04. The molecule has 0 N–H and O–H groups in total. The number of imide groups is 1. The minimum atomic E-state index is -0.253. The van der Waals surface area contributed by atoms with Gasteiger partial charge in [0.25, 0.3) is 5.91 Å². The smallest absolute Gasteiger partial charge is 0.255 e. The van der Waals surface area contributed by atoms with Gasteiger partial charge in [0.2, 0.25) is 5.91 Å². The van der Waals surface area contributed by atoms with Crippen molar-refractivity contribution in [3.63, 3.8) is 0 Å². The lowest BCUT2D eigenvalue weighted by Crippen LogP contribution is -2.48. The van der Waals surface area contributed by atoms with Crippen LogP contribution in [0.2, 0.25) is 0 Å². The molecule has 0 saturated carbocycles. The summed E-state index contributed by atoms with van der Waals surface area (Å²) < 4.78 is 0.838. The largest absolute Gasteiger partial charge is 0.327 e. The molecule has 0 bridgehead atoms. The van der Waals surface area contributed by atoms with E-state index in [1.807, 2.05) is 0 Å². The van der Waals surface area contributed by atoms with Crippen LogP contribution in [0.25, 0.3) is 0 Å². The standard InChI is InChI=1S/C22H43N2O2/c1-7-8-9-10-11-12-13-14-15-16-18-24(5,6)19-17-23(21(4)25)22(26)20(2)3/h2,7-19H2,1,3-6H3/q+1. The van der Waals surface area contributed by atoms with Gasteiger partial charge in [-0.15, -0.1) is 0 Å². The van der Waals surface area contributed by atoms with Crippen molar-refractivity contribution in [2.45, 2.75) is 85.0 Å². The highest BCUT2D eigenvalue weighted by molar-refractivity contribution is 6.02. The average Bonchev–Trinajstić information content (AvgIpc) is 2.56. The summed E-state index contributed by atoms with van der Waals surface area (Å²) in [4.78, 5) is 25.1. The minimum absolute atomic E-state index is 0.197.